The molecule has 1 fully saturated rings. The van der Waals surface area contributed by atoms with Gasteiger partial charge in [0.25, 0.3) is 0 Å². The van der Waals surface area contributed by atoms with Gasteiger partial charge in [0.05, 0.1) is 12.6 Å². The van der Waals surface area contributed by atoms with Crippen LogP contribution in [-0.2, 0) is 0 Å². The molecule has 2 N–H and O–H groups in total. The molecular weight excluding hydrogens is 271 g/mol. The summed E-state index contributed by atoms with van der Waals surface area (Å²) in [6, 6.07) is 6.11. The molecule has 1 heterocycles. The molecule has 18 heavy (non-hydrogen) atoms. The average molecular weight is 291 g/mol. The van der Waals surface area contributed by atoms with Crippen LogP contribution in [0, 0.1) is 6.92 Å². The molecule has 1 atom stereocenters. The van der Waals surface area contributed by atoms with Gasteiger partial charge in [0.1, 0.15) is 0 Å². The van der Waals surface area contributed by atoms with Gasteiger partial charge in [-0.25, -0.2) is 0 Å². The summed E-state index contributed by atoms with van der Waals surface area (Å²) in [6.45, 7) is 6.03. The highest BCUT2D eigenvalue weighted by molar-refractivity contribution is 6.31. The van der Waals surface area contributed by atoms with Gasteiger partial charge >= 0.3 is 0 Å². The first kappa shape index (κ1) is 15.7. The lowest BCUT2D eigenvalue weighted by molar-refractivity contribution is 0.111. The van der Waals surface area contributed by atoms with Crippen LogP contribution >= 0.6 is 24.0 Å². The van der Waals surface area contributed by atoms with E-state index in [4.69, 9.17) is 11.6 Å². The van der Waals surface area contributed by atoms with Crippen LogP contribution in [0.25, 0.3) is 0 Å². The number of halogens is 2. The number of hydrogen-bond acceptors (Lipinski definition) is 3. The van der Waals surface area contributed by atoms with Crippen LogP contribution in [0.5, 0.6) is 0 Å². The van der Waals surface area contributed by atoms with Gasteiger partial charge in [0.15, 0.2) is 0 Å². The molecule has 1 aliphatic rings. The number of hydrogen-bond donors (Lipinski definition) is 2. The van der Waals surface area contributed by atoms with E-state index in [1.54, 1.807) is 0 Å². The maximum absolute atomic E-state index is 9.59. The van der Waals surface area contributed by atoms with Gasteiger partial charge in [-0.15, -0.1) is 12.4 Å². The molecular formula is C13H20Cl2N2O. The predicted octanol–water partition coefficient (Wildman–Crippen LogP) is 2.01. The zero-order valence-electron chi connectivity index (χ0n) is 10.5. The minimum atomic E-state index is 0. The quantitative estimate of drug-likeness (QED) is 0.894. The summed E-state index contributed by atoms with van der Waals surface area (Å²) in [5.41, 5.74) is 2.18. The molecule has 2 rings (SSSR count). The van der Waals surface area contributed by atoms with Gasteiger partial charge in [-0.1, -0.05) is 23.7 Å². The van der Waals surface area contributed by atoms with Gasteiger partial charge in [-0.3, -0.25) is 4.90 Å². The Bertz CT molecular complexity index is 381. The molecule has 0 saturated carbocycles. The van der Waals surface area contributed by atoms with Crippen molar-refractivity contribution < 1.29 is 5.11 Å². The van der Waals surface area contributed by atoms with E-state index in [1.165, 1.54) is 0 Å². The van der Waals surface area contributed by atoms with Crippen LogP contribution in [0.15, 0.2) is 18.2 Å². The smallest absolute Gasteiger partial charge is 0.0628 e. The third-order valence-corrected chi connectivity index (χ3v) is 3.75. The van der Waals surface area contributed by atoms with E-state index in [2.05, 4.69) is 16.3 Å². The van der Waals surface area contributed by atoms with Gasteiger partial charge in [0, 0.05) is 31.2 Å². The Morgan fingerprint density at radius 1 is 1.39 bits per heavy atom. The van der Waals surface area contributed by atoms with Crippen molar-refractivity contribution in [2.24, 2.45) is 0 Å². The van der Waals surface area contributed by atoms with Gasteiger partial charge in [-0.2, -0.15) is 0 Å². The highest BCUT2D eigenvalue weighted by Gasteiger charge is 2.21. The fourth-order valence-electron chi connectivity index (χ4n) is 2.24. The first-order valence-electron chi connectivity index (χ1n) is 6.04. The van der Waals surface area contributed by atoms with Gasteiger partial charge in [0.2, 0.25) is 0 Å². The van der Waals surface area contributed by atoms with Crippen LogP contribution in [0.3, 0.4) is 0 Å². The molecule has 0 aromatic heterocycles. The van der Waals surface area contributed by atoms with Crippen LogP contribution in [-0.4, -0.2) is 42.8 Å². The van der Waals surface area contributed by atoms with E-state index < -0.39 is 0 Å². The lowest BCUT2D eigenvalue weighted by Gasteiger charge is -2.34. The van der Waals surface area contributed by atoms with E-state index in [0.29, 0.717) is 0 Å². The Hall–Kier alpha value is -0.320. The molecule has 0 unspecified atom stereocenters. The summed E-state index contributed by atoms with van der Waals surface area (Å²) in [5.74, 6) is 0. The monoisotopic (exact) mass is 290 g/mol. The van der Waals surface area contributed by atoms with Crippen LogP contribution in [0.2, 0.25) is 5.02 Å². The number of aliphatic hydroxyl groups is 1. The minimum Gasteiger partial charge on any atom is -0.394 e. The van der Waals surface area contributed by atoms with E-state index >= 15 is 0 Å². The van der Waals surface area contributed by atoms with E-state index in [9.17, 15) is 5.11 Å². The summed E-state index contributed by atoms with van der Waals surface area (Å²) < 4.78 is 0. The second kappa shape index (κ2) is 7.31. The summed E-state index contributed by atoms with van der Waals surface area (Å²) in [5, 5.41) is 13.7. The Balaban J connectivity index is 0.00000162. The van der Waals surface area contributed by atoms with E-state index in [-0.39, 0.29) is 25.1 Å². The number of nitrogens with zero attached hydrogens (tertiary/aromatic N) is 1. The third kappa shape index (κ3) is 3.59. The Labute approximate surface area is 120 Å². The molecule has 1 aliphatic heterocycles. The number of rotatable bonds is 3. The topological polar surface area (TPSA) is 35.5 Å². The molecule has 0 amide bonds. The minimum absolute atomic E-state index is 0. The SMILES string of the molecule is Cc1ccc([C@H](CO)N2CCNCC2)cc1Cl.Cl. The van der Waals surface area contributed by atoms with Gasteiger partial charge < -0.3 is 10.4 Å². The normalized spacial score (nSPS) is 18.2. The summed E-state index contributed by atoms with van der Waals surface area (Å²) in [7, 11) is 0. The van der Waals surface area contributed by atoms with Crippen LogP contribution < -0.4 is 5.32 Å². The number of benzene rings is 1. The van der Waals surface area contributed by atoms with E-state index in [1.807, 2.05) is 19.1 Å². The van der Waals surface area contributed by atoms with Crippen molar-refractivity contribution in [1.29, 1.82) is 0 Å². The summed E-state index contributed by atoms with van der Waals surface area (Å²) >= 11 is 6.14. The summed E-state index contributed by atoms with van der Waals surface area (Å²) in [4.78, 5) is 2.30. The Morgan fingerprint density at radius 3 is 2.61 bits per heavy atom. The lowest BCUT2D eigenvalue weighted by atomic mass is 10.0. The second-order valence-corrected chi connectivity index (χ2v) is 4.90. The zero-order chi connectivity index (χ0) is 12.3. The maximum Gasteiger partial charge on any atom is 0.0628 e. The van der Waals surface area contributed by atoms with Crippen LogP contribution in [0.1, 0.15) is 17.2 Å². The zero-order valence-corrected chi connectivity index (χ0v) is 12.1. The largest absolute Gasteiger partial charge is 0.394 e. The molecule has 1 aromatic rings. The molecule has 0 spiro atoms. The molecule has 1 saturated heterocycles. The molecule has 5 heteroatoms. The molecule has 0 radical (unpaired) electrons. The first-order chi connectivity index (χ1) is 8.22. The fraction of sp³-hybridized carbons (Fsp3) is 0.538. The Kier molecular flexibility index (Phi) is 6.39. The van der Waals surface area contributed by atoms with Crippen molar-refractivity contribution in [3.8, 4) is 0 Å². The highest BCUT2D eigenvalue weighted by Crippen LogP contribution is 2.25. The van der Waals surface area contributed by atoms with Crippen molar-refractivity contribution in [2.45, 2.75) is 13.0 Å². The van der Waals surface area contributed by atoms with Crippen molar-refractivity contribution in [3.05, 3.63) is 34.3 Å². The summed E-state index contributed by atoms with van der Waals surface area (Å²) in [6.07, 6.45) is 0. The van der Waals surface area contributed by atoms with Crippen molar-refractivity contribution in [2.75, 3.05) is 32.8 Å². The number of nitrogens with one attached hydrogen (secondary N) is 1. The standard InChI is InChI=1S/C13H19ClN2O.ClH/c1-10-2-3-11(8-12(10)14)13(9-17)16-6-4-15-5-7-16;/h2-3,8,13,15,17H,4-7,9H2,1H3;1H/t13-;/m0./s1. The number of aliphatic hydroxyl groups excluding tert-OH is 1. The highest BCUT2D eigenvalue weighted by atomic mass is 35.5. The van der Waals surface area contributed by atoms with Crippen molar-refractivity contribution in [3.63, 3.8) is 0 Å². The predicted molar refractivity (Wildman–Crippen MR) is 77.7 cm³/mol. The van der Waals surface area contributed by atoms with Crippen molar-refractivity contribution >= 4 is 24.0 Å². The number of piperazine rings is 1. The maximum atomic E-state index is 9.59. The number of aryl methyl sites for hydroxylation is 1. The molecule has 3 nitrogen and oxygen atoms in total. The fourth-order valence-corrected chi connectivity index (χ4v) is 2.43. The molecule has 0 bridgehead atoms. The third-order valence-electron chi connectivity index (χ3n) is 3.35. The molecule has 0 aliphatic carbocycles. The lowest BCUT2D eigenvalue weighted by Crippen LogP contribution is -2.46. The second-order valence-electron chi connectivity index (χ2n) is 4.49. The average Bonchev–Trinajstić information content (AvgIpc) is 2.36. The van der Waals surface area contributed by atoms with Gasteiger partial charge in [-0.05, 0) is 24.1 Å². The van der Waals surface area contributed by atoms with Crippen molar-refractivity contribution in [1.82, 2.24) is 10.2 Å². The Morgan fingerprint density at radius 2 is 2.06 bits per heavy atom. The molecule has 1 aromatic carbocycles. The molecule has 102 valence electrons. The van der Waals surface area contributed by atoms with E-state index in [0.717, 1.165) is 42.3 Å². The van der Waals surface area contributed by atoms with Crippen LogP contribution in [0.4, 0.5) is 0 Å². The first-order valence-corrected chi connectivity index (χ1v) is 6.42.